The number of likely N-dealkylation sites (N-methyl/N-ethyl adjacent to an activating group) is 1. The fourth-order valence-corrected chi connectivity index (χ4v) is 5.07. The molecule has 3 aromatic rings. The van der Waals surface area contributed by atoms with Gasteiger partial charge in [-0.15, -0.1) is 11.3 Å². The topological polar surface area (TPSA) is 56.6 Å². The first-order valence-electron chi connectivity index (χ1n) is 10.8. The molecule has 0 N–H and O–H groups in total. The molecule has 0 aliphatic rings. The fraction of sp³-hybridized carbons (Fsp3) is 0.500. The van der Waals surface area contributed by atoms with Crippen molar-refractivity contribution in [3.8, 4) is 16.9 Å². The molecule has 2 aromatic heterocycles. The lowest BCUT2D eigenvalue weighted by atomic mass is 10.0. The number of rotatable bonds is 10. The predicted octanol–water partition coefficient (Wildman–Crippen LogP) is 4.28. The Morgan fingerprint density at radius 1 is 1.16 bits per heavy atom. The van der Waals surface area contributed by atoms with Crippen LogP contribution in [0.2, 0.25) is 0 Å². The highest BCUT2D eigenvalue weighted by molar-refractivity contribution is 7.19. The van der Waals surface area contributed by atoms with E-state index < -0.39 is 0 Å². The van der Waals surface area contributed by atoms with Crippen molar-refractivity contribution in [2.45, 2.75) is 40.7 Å². The van der Waals surface area contributed by atoms with Gasteiger partial charge >= 0.3 is 0 Å². The maximum atomic E-state index is 13.8. The number of thiophene rings is 1. The zero-order chi connectivity index (χ0) is 22.5. The van der Waals surface area contributed by atoms with Crippen LogP contribution < -0.4 is 10.3 Å². The number of benzene rings is 1. The molecule has 2 heterocycles. The van der Waals surface area contributed by atoms with Crippen LogP contribution in [0.25, 0.3) is 21.3 Å². The third-order valence-corrected chi connectivity index (χ3v) is 6.81. The van der Waals surface area contributed by atoms with Crippen LogP contribution in [0.5, 0.6) is 5.75 Å². The van der Waals surface area contributed by atoms with E-state index in [4.69, 9.17) is 14.5 Å². The quantitative estimate of drug-likeness (QED) is 0.468. The van der Waals surface area contributed by atoms with Crippen LogP contribution >= 0.6 is 11.3 Å². The molecule has 0 spiro atoms. The van der Waals surface area contributed by atoms with E-state index in [1.807, 2.05) is 23.6 Å². The van der Waals surface area contributed by atoms with Crippen molar-refractivity contribution in [3.05, 3.63) is 44.8 Å². The number of aryl methyl sites for hydroxylation is 2. The molecule has 31 heavy (non-hydrogen) atoms. The molecule has 0 amide bonds. The average molecular weight is 444 g/mol. The SMILES string of the molecule is CCN(CC)CCn1c(CCOC)nc2sc(C)c(-c3ccc(OC)c(C)c3)c2c1=O. The summed E-state index contributed by atoms with van der Waals surface area (Å²) in [6.45, 7) is 12.3. The Morgan fingerprint density at radius 2 is 1.90 bits per heavy atom. The Labute approximate surface area is 188 Å². The Morgan fingerprint density at radius 3 is 2.52 bits per heavy atom. The molecule has 3 rings (SSSR count). The minimum absolute atomic E-state index is 0.0380. The summed E-state index contributed by atoms with van der Waals surface area (Å²) in [5.74, 6) is 1.64. The van der Waals surface area contributed by atoms with Crippen molar-refractivity contribution in [1.82, 2.24) is 14.5 Å². The van der Waals surface area contributed by atoms with E-state index in [1.54, 1.807) is 25.6 Å². The van der Waals surface area contributed by atoms with Crippen LogP contribution in [0.1, 0.15) is 30.1 Å². The first-order chi connectivity index (χ1) is 14.9. The third kappa shape index (κ3) is 4.84. The van der Waals surface area contributed by atoms with Gasteiger partial charge in [0.1, 0.15) is 16.4 Å². The van der Waals surface area contributed by atoms with Crippen molar-refractivity contribution in [1.29, 1.82) is 0 Å². The largest absolute Gasteiger partial charge is 0.496 e. The summed E-state index contributed by atoms with van der Waals surface area (Å²) < 4.78 is 12.5. The maximum absolute atomic E-state index is 13.8. The predicted molar refractivity (Wildman–Crippen MR) is 129 cm³/mol. The molecule has 0 unspecified atom stereocenters. The van der Waals surface area contributed by atoms with Crippen molar-refractivity contribution in [2.75, 3.05) is 40.5 Å². The number of methoxy groups -OCH3 is 2. The van der Waals surface area contributed by atoms with Gasteiger partial charge in [0.2, 0.25) is 0 Å². The smallest absolute Gasteiger partial charge is 0.262 e. The van der Waals surface area contributed by atoms with Gasteiger partial charge in [0.25, 0.3) is 5.56 Å². The molecule has 0 bridgehead atoms. The Kier molecular flexibility index (Phi) is 7.86. The Bertz CT molecular complexity index is 1100. The molecular weight excluding hydrogens is 410 g/mol. The normalized spacial score (nSPS) is 11.6. The summed E-state index contributed by atoms with van der Waals surface area (Å²) in [5.41, 5.74) is 3.10. The van der Waals surface area contributed by atoms with Crippen molar-refractivity contribution in [2.24, 2.45) is 0 Å². The number of nitrogens with zero attached hydrogens (tertiary/aromatic N) is 3. The molecule has 0 atom stereocenters. The average Bonchev–Trinajstić information content (AvgIpc) is 3.10. The van der Waals surface area contributed by atoms with Crippen LogP contribution in [0, 0.1) is 13.8 Å². The number of hydrogen-bond acceptors (Lipinski definition) is 6. The minimum Gasteiger partial charge on any atom is -0.496 e. The standard InChI is InChI=1S/C24H33N3O3S/c1-7-26(8-2)12-13-27-20(11-14-29-5)25-23-22(24(27)28)21(17(4)31-23)18-9-10-19(30-6)16(3)15-18/h9-10,15H,7-8,11-14H2,1-6H3. The second-order valence-electron chi connectivity index (χ2n) is 7.65. The first kappa shape index (κ1) is 23.4. The van der Waals surface area contributed by atoms with Gasteiger partial charge in [0.05, 0.1) is 19.1 Å². The number of aromatic nitrogens is 2. The van der Waals surface area contributed by atoms with Crippen LogP contribution in [-0.2, 0) is 17.7 Å². The van der Waals surface area contributed by atoms with E-state index in [1.165, 1.54) is 0 Å². The van der Waals surface area contributed by atoms with Gasteiger partial charge in [-0.1, -0.05) is 19.9 Å². The van der Waals surface area contributed by atoms with Gasteiger partial charge in [-0.05, 0) is 50.2 Å². The van der Waals surface area contributed by atoms with Crippen molar-refractivity contribution >= 4 is 21.6 Å². The van der Waals surface area contributed by atoms with Gasteiger partial charge in [-0.2, -0.15) is 0 Å². The lowest BCUT2D eigenvalue weighted by Crippen LogP contribution is -2.33. The molecule has 1 aromatic carbocycles. The van der Waals surface area contributed by atoms with E-state index in [0.717, 1.165) is 57.6 Å². The third-order valence-electron chi connectivity index (χ3n) is 5.81. The highest BCUT2D eigenvalue weighted by atomic mass is 32.1. The van der Waals surface area contributed by atoms with Crippen molar-refractivity contribution in [3.63, 3.8) is 0 Å². The second-order valence-corrected chi connectivity index (χ2v) is 8.86. The number of ether oxygens (including phenoxy) is 2. The van der Waals surface area contributed by atoms with Gasteiger partial charge < -0.3 is 14.4 Å². The molecule has 0 saturated carbocycles. The zero-order valence-corrected chi connectivity index (χ0v) is 20.3. The summed E-state index contributed by atoms with van der Waals surface area (Å²) in [4.78, 5) is 22.9. The number of fused-ring (bicyclic) bond motifs is 1. The molecule has 0 saturated heterocycles. The molecule has 6 nitrogen and oxygen atoms in total. The molecule has 0 fully saturated rings. The minimum atomic E-state index is 0.0380. The highest BCUT2D eigenvalue weighted by Crippen LogP contribution is 2.37. The van der Waals surface area contributed by atoms with Crippen LogP contribution in [0.4, 0.5) is 0 Å². The highest BCUT2D eigenvalue weighted by Gasteiger charge is 2.20. The van der Waals surface area contributed by atoms with Gasteiger partial charge in [-0.3, -0.25) is 9.36 Å². The zero-order valence-electron chi connectivity index (χ0n) is 19.4. The Balaban J connectivity index is 2.17. The lowest BCUT2D eigenvalue weighted by molar-refractivity contribution is 0.198. The van der Waals surface area contributed by atoms with Crippen LogP contribution in [0.3, 0.4) is 0 Å². The monoisotopic (exact) mass is 443 g/mol. The maximum Gasteiger partial charge on any atom is 0.262 e. The van der Waals surface area contributed by atoms with Gasteiger partial charge in [-0.25, -0.2) is 4.98 Å². The van der Waals surface area contributed by atoms with E-state index >= 15 is 0 Å². The fourth-order valence-electron chi connectivity index (χ4n) is 4.01. The van der Waals surface area contributed by atoms with Crippen molar-refractivity contribution < 1.29 is 9.47 Å². The summed E-state index contributed by atoms with van der Waals surface area (Å²) in [6.07, 6.45) is 0.619. The van der Waals surface area contributed by atoms with Gasteiger partial charge in [0.15, 0.2) is 0 Å². The molecule has 0 aliphatic heterocycles. The molecule has 0 aliphatic carbocycles. The Hall–Kier alpha value is -2.22. The van der Waals surface area contributed by atoms with E-state index in [9.17, 15) is 4.79 Å². The summed E-state index contributed by atoms with van der Waals surface area (Å²) in [6, 6.07) is 6.08. The van der Waals surface area contributed by atoms with E-state index in [2.05, 4.69) is 31.7 Å². The second kappa shape index (κ2) is 10.4. The van der Waals surface area contributed by atoms with E-state index in [-0.39, 0.29) is 5.56 Å². The summed E-state index contributed by atoms with van der Waals surface area (Å²) in [7, 11) is 3.35. The van der Waals surface area contributed by atoms with Crippen LogP contribution in [-0.4, -0.2) is 54.9 Å². The van der Waals surface area contributed by atoms with Gasteiger partial charge in [0, 0.05) is 37.1 Å². The van der Waals surface area contributed by atoms with E-state index in [0.29, 0.717) is 25.0 Å². The first-order valence-corrected chi connectivity index (χ1v) is 11.7. The summed E-state index contributed by atoms with van der Waals surface area (Å²) in [5, 5.41) is 0.716. The summed E-state index contributed by atoms with van der Waals surface area (Å²) >= 11 is 1.59. The number of hydrogen-bond donors (Lipinski definition) is 0. The lowest BCUT2D eigenvalue weighted by Gasteiger charge is -2.20. The molecule has 0 radical (unpaired) electrons. The molecule has 7 heteroatoms. The van der Waals surface area contributed by atoms with Crippen LogP contribution in [0.15, 0.2) is 23.0 Å². The molecule has 168 valence electrons. The molecular formula is C24H33N3O3S.